The molecule has 0 spiro atoms. The summed E-state index contributed by atoms with van der Waals surface area (Å²) in [6.45, 7) is 6.88. The first-order valence-corrected chi connectivity index (χ1v) is 16.1. The number of anilines is 2. The van der Waals surface area contributed by atoms with E-state index >= 15 is 0 Å². The molecule has 0 amide bonds. The average molecular weight is 618 g/mol. The minimum Gasteiger partial charge on any atom is -0.465 e. The molecule has 226 valence electrons. The fourth-order valence-corrected chi connectivity index (χ4v) is 6.06. The maximum absolute atomic E-state index is 13.3. The van der Waals surface area contributed by atoms with Crippen molar-refractivity contribution in [3.63, 3.8) is 0 Å². The van der Waals surface area contributed by atoms with Gasteiger partial charge in [0.2, 0.25) is 0 Å². The van der Waals surface area contributed by atoms with E-state index in [-0.39, 0.29) is 54.0 Å². The number of carbonyl (C=O) groups is 2. The summed E-state index contributed by atoms with van der Waals surface area (Å²) in [5.74, 6) is -1.10. The molecule has 0 radical (unpaired) electrons. The molecule has 13 heteroatoms. The van der Waals surface area contributed by atoms with E-state index in [2.05, 4.69) is 9.44 Å². The predicted octanol–water partition coefficient (Wildman–Crippen LogP) is 3.83. The second-order valence-electron chi connectivity index (χ2n) is 9.47. The van der Waals surface area contributed by atoms with Crippen LogP contribution < -0.4 is 9.44 Å². The van der Waals surface area contributed by atoms with Gasteiger partial charge in [-0.15, -0.1) is 0 Å². The highest BCUT2D eigenvalue weighted by Crippen LogP contribution is 2.29. The minimum atomic E-state index is -4.12. The van der Waals surface area contributed by atoms with E-state index in [9.17, 15) is 26.4 Å². The Labute approximate surface area is 246 Å². The molecule has 3 rings (SSSR count). The van der Waals surface area contributed by atoms with Gasteiger partial charge in [0.05, 0.1) is 47.5 Å². The van der Waals surface area contributed by atoms with E-state index in [1.54, 1.807) is 44.2 Å². The van der Waals surface area contributed by atoms with Gasteiger partial charge in [0.25, 0.3) is 20.0 Å². The van der Waals surface area contributed by atoms with Gasteiger partial charge in [-0.1, -0.05) is 41.5 Å². The molecule has 42 heavy (non-hydrogen) atoms. The lowest BCUT2D eigenvalue weighted by atomic mass is 10.1. The zero-order chi connectivity index (χ0) is 30.9. The number of ether oxygens (including phenoxy) is 2. The largest absolute Gasteiger partial charge is 0.465 e. The lowest BCUT2D eigenvalue weighted by Gasteiger charge is -2.22. The van der Waals surface area contributed by atoms with Crippen molar-refractivity contribution < 1.29 is 35.9 Å². The molecule has 0 saturated heterocycles. The fraction of sp³-hybridized carbons (Fsp3) is 0.310. The Morgan fingerprint density at radius 3 is 1.52 bits per heavy atom. The number of hydrogen-bond acceptors (Lipinski definition) is 9. The third-order valence-corrected chi connectivity index (χ3v) is 8.72. The van der Waals surface area contributed by atoms with Crippen molar-refractivity contribution in [2.45, 2.75) is 44.0 Å². The lowest BCUT2D eigenvalue weighted by molar-refractivity contribution is -0.148. The summed E-state index contributed by atoms with van der Waals surface area (Å²) in [6.07, 6.45) is 0. The molecule has 0 aliphatic heterocycles. The molecule has 2 N–H and O–H groups in total. The fourth-order valence-electron chi connectivity index (χ4n) is 3.91. The summed E-state index contributed by atoms with van der Waals surface area (Å²) in [5.41, 5.74) is 2.17. The van der Waals surface area contributed by atoms with E-state index < -0.39 is 32.0 Å². The third-order valence-electron chi connectivity index (χ3n) is 5.96. The molecule has 0 atom stereocenters. The van der Waals surface area contributed by atoms with Crippen LogP contribution in [0.4, 0.5) is 11.4 Å². The van der Waals surface area contributed by atoms with Gasteiger partial charge in [0, 0.05) is 6.54 Å². The Kier molecular flexibility index (Phi) is 11.1. The van der Waals surface area contributed by atoms with E-state index in [1.807, 2.05) is 13.8 Å². The van der Waals surface area contributed by atoms with Crippen molar-refractivity contribution in [2.24, 2.45) is 0 Å². The Hall–Kier alpha value is -3.94. The van der Waals surface area contributed by atoms with Crippen LogP contribution in [-0.4, -0.2) is 60.0 Å². The smallest absolute Gasteiger partial charge is 0.320 e. The molecular weight excluding hydrogens is 582 g/mol. The summed E-state index contributed by atoms with van der Waals surface area (Å²) >= 11 is 0. The van der Waals surface area contributed by atoms with Gasteiger partial charge in [-0.05, 0) is 69.7 Å². The molecule has 3 aromatic carbocycles. The van der Waals surface area contributed by atoms with Gasteiger partial charge in [-0.25, -0.2) is 16.8 Å². The molecule has 0 bridgehead atoms. The summed E-state index contributed by atoms with van der Waals surface area (Å²) in [4.78, 5) is 25.9. The second kappa shape index (κ2) is 14.3. The van der Waals surface area contributed by atoms with Crippen LogP contribution in [-0.2, 0) is 45.7 Å². The molecule has 0 saturated carbocycles. The monoisotopic (exact) mass is 617 g/mol. The van der Waals surface area contributed by atoms with Crippen molar-refractivity contribution in [3.8, 4) is 0 Å². The SMILES string of the molecule is CCOC(=O)CN(CC(=O)OCC)Cc1ccc(NS(=O)(=O)c2ccc(C)cc2)c(NS(=O)(=O)c2ccc(C)cc2)c1. The van der Waals surface area contributed by atoms with Gasteiger partial charge in [0.1, 0.15) is 0 Å². The van der Waals surface area contributed by atoms with E-state index in [0.717, 1.165) is 11.1 Å². The number of aryl methyl sites for hydroxylation is 2. The van der Waals surface area contributed by atoms with Crippen LogP contribution in [0.1, 0.15) is 30.5 Å². The van der Waals surface area contributed by atoms with Crippen LogP contribution in [0, 0.1) is 13.8 Å². The Morgan fingerprint density at radius 1 is 0.667 bits per heavy atom. The highest BCUT2D eigenvalue weighted by Gasteiger charge is 2.22. The number of hydrogen-bond donors (Lipinski definition) is 2. The number of rotatable bonds is 14. The molecule has 0 aliphatic rings. The zero-order valence-electron chi connectivity index (χ0n) is 23.9. The minimum absolute atomic E-state index is 0.000401. The van der Waals surface area contributed by atoms with Gasteiger partial charge in [-0.2, -0.15) is 0 Å². The van der Waals surface area contributed by atoms with Crippen LogP contribution in [0.15, 0.2) is 76.5 Å². The van der Waals surface area contributed by atoms with Gasteiger partial charge in [-0.3, -0.25) is 23.9 Å². The van der Waals surface area contributed by atoms with Crippen molar-refractivity contribution in [1.82, 2.24) is 4.90 Å². The number of sulfonamides is 2. The molecular formula is C29H35N3O8S2. The summed E-state index contributed by atoms with van der Waals surface area (Å²) in [6, 6.07) is 16.8. The maximum Gasteiger partial charge on any atom is 0.320 e. The first-order valence-electron chi connectivity index (χ1n) is 13.2. The molecule has 11 nitrogen and oxygen atoms in total. The summed E-state index contributed by atoms with van der Waals surface area (Å²) < 4.78 is 67.9. The number of benzene rings is 3. The quantitative estimate of drug-likeness (QED) is 0.258. The number of carbonyl (C=O) groups excluding carboxylic acids is 2. The highest BCUT2D eigenvalue weighted by atomic mass is 32.2. The molecule has 3 aromatic rings. The lowest BCUT2D eigenvalue weighted by Crippen LogP contribution is -2.35. The number of nitrogens with one attached hydrogen (secondary N) is 2. The normalized spacial score (nSPS) is 11.6. The Bertz CT molecular complexity index is 1590. The molecule has 0 unspecified atom stereocenters. The first-order chi connectivity index (χ1) is 19.8. The summed E-state index contributed by atoms with van der Waals surface area (Å²) in [5, 5.41) is 0. The van der Waals surface area contributed by atoms with Crippen LogP contribution >= 0.6 is 0 Å². The zero-order valence-corrected chi connectivity index (χ0v) is 25.5. The Balaban J connectivity index is 2.00. The van der Waals surface area contributed by atoms with Crippen molar-refractivity contribution in [2.75, 3.05) is 35.7 Å². The van der Waals surface area contributed by atoms with E-state index in [0.29, 0.717) is 5.56 Å². The van der Waals surface area contributed by atoms with E-state index in [1.165, 1.54) is 41.3 Å². The third kappa shape index (κ3) is 9.29. The molecule has 0 aromatic heterocycles. The average Bonchev–Trinajstić information content (AvgIpc) is 2.90. The highest BCUT2D eigenvalue weighted by molar-refractivity contribution is 7.93. The van der Waals surface area contributed by atoms with Crippen molar-refractivity contribution in [3.05, 3.63) is 83.4 Å². The molecule has 0 fully saturated rings. The first kappa shape index (κ1) is 32.6. The molecule has 0 heterocycles. The van der Waals surface area contributed by atoms with Crippen LogP contribution in [0.5, 0.6) is 0 Å². The maximum atomic E-state index is 13.3. The van der Waals surface area contributed by atoms with Crippen molar-refractivity contribution >= 4 is 43.4 Å². The van der Waals surface area contributed by atoms with Crippen molar-refractivity contribution in [1.29, 1.82) is 0 Å². The van der Waals surface area contributed by atoms with Crippen LogP contribution in [0.3, 0.4) is 0 Å². The predicted molar refractivity (Wildman–Crippen MR) is 159 cm³/mol. The van der Waals surface area contributed by atoms with Gasteiger partial charge < -0.3 is 9.47 Å². The number of nitrogens with zero attached hydrogens (tertiary/aromatic N) is 1. The van der Waals surface area contributed by atoms with Gasteiger partial charge in [0.15, 0.2) is 0 Å². The summed E-state index contributed by atoms with van der Waals surface area (Å²) in [7, 11) is -8.20. The van der Waals surface area contributed by atoms with Gasteiger partial charge >= 0.3 is 11.9 Å². The molecule has 0 aliphatic carbocycles. The second-order valence-corrected chi connectivity index (χ2v) is 12.8. The number of esters is 2. The standard InChI is InChI=1S/C29H35N3O8S2/c1-5-39-28(33)19-32(20-29(34)40-6-2)18-23-11-16-26(30-41(35,36)24-12-7-21(3)8-13-24)27(17-23)31-42(37,38)25-14-9-22(4)10-15-25/h7-17,30-31H,5-6,18-20H2,1-4H3. The van der Waals surface area contributed by atoms with E-state index in [4.69, 9.17) is 9.47 Å². The Morgan fingerprint density at radius 2 is 1.10 bits per heavy atom. The van der Waals surface area contributed by atoms with Crippen LogP contribution in [0.25, 0.3) is 0 Å². The topological polar surface area (TPSA) is 148 Å². The van der Waals surface area contributed by atoms with Crippen LogP contribution in [0.2, 0.25) is 0 Å².